The Morgan fingerprint density at radius 2 is 0.932 bits per heavy atom. The van der Waals surface area contributed by atoms with E-state index in [9.17, 15) is 0 Å². The van der Waals surface area contributed by atoms with Gasteiger partial charge in [-0.2, -0.15) is 0 Å². The molecule has 1 aliphatic rings. The third-order valence-corrected chi connectivity index (χ3v) is 12.8. The van der Waals surface area contributed by atoms with E-state index in [0.717, 1.165) is 16.9 Å². The Morgan fingerprint density at radius 1 is 0.407 bits per heavy atom. The smallest absolute Gasteiger partial charge is 0.0701 e. The quantitative estimate of drug-likeness (QED) is 0.148. The molecule has 0 saturated carbocycles. The number of para-hydroxylation sites is 1. The van der Waals surface area contributed by atoms with Crippen LogP contribution in [0.25, 0.3) is 61.0 Å². The van der Waals surface area contributed by atoms with E-state index in [1.165, 1.54) is 77.4 Å². The van der Waals surface area contributed by atoms with Gasteiger partial charge in [0.15, 0.2) is 0 Å². The average molecular weight is 755 g/mol. The van der Waals surface area contributed by atoms with Crippen molar-refractivity contribution in [2.45, 2.75) is 24.7 Å². The molecule has 8 aromatic carbocycles. The molecule has 2 heterocycles. The summed E-state index contributed by atoms with van der Waals surface area (Å²) in [5.74, 6) is 0. The van der Waals surface area contributed by atoms with Crippen molar-refractivity contribution in [2.24, 2.45) is 0 Å². The summed E-state index contributed by atoms with van der Waals surface area (Å²) in [6.07, 6.45) is 1.85. The van der Waals surface area contributed by atoms with Crippen molar-refractivity contribution in [3.05, 3.63) is 252 Å². The van der Waals surface area contributed by atoms with Crippen LogP contribution in [0.4, 0.5) is 0 Å². The molecule has 59 heavy (non-hydrogen) atoms. The molecule has 0 aliphatic heterocycles. The maximum absolute atomic E-state index is 4.56. The van der Waals surface area contributed by atoms with Gasteiger partial charge in [0.05, 0.1) is 22.1 Å². The number of hydrogen-bond acceptors (Lipinski definition) is 1. The van der Waals surface area contributed by atoms with Crippen LogP contribution in [0.15, 0.2) is 219 Å². The molecule has 280 valence electrons. The molecule has 11 rings (SSSR count). The highest BCUT2D eigenvalue weighted by atomic mass is 15.0. The highest BCUT2D eigenvalue weighted by Crippen LogP contribution is 2.53. The molecular weight excluding hydrogens is 713 g/mol. The second kappa shape index (κ2) is 13.7. The zero-order chi connectivity index (χ0) is 39.6. The van der Waals surface area contributed by atoms with Crippen molar-refractivity contribution in [3.8, 4) is 39.2 Å². The predicted molar refractivity (Wildman–Crippen MR) is 245 cm³/mol. The molecule has 0 fully saturated rings. The minimum Gasteiger partial charge on any atom is -0.309 e. The van der Waals surface area contributed by atoms with E-state index >= 15 is 0 Å². The molecule has 0 unspecified atom stereocenters. The van der Waals surface area contributed by atoms with Crippen LogP contribution in [0, 0.1) is 0 Å². The van der Waals surface area contributed by atoms with Crippen LogP contribution in [0.2, 0.25) is 0 Å². The fourth-order valence-electron chi connectivity index (χ4n) is 9.96. The van der Waals surface area contributed by atoms with Gasteiger partial charge in [-0.05, 0) is 104 Å². The SMILES string of the molecule is CC1(C)c2cc(-c3ccc4c(c3)c3ccccc3n4-c3ccc(-c4ccccn4)cc3)ccc2-c2ccc(C(c3ccccc3)(c3ccccc3)c3ccccc3)cc21. The topological polar surface area (TPSA) is 17.8 Å². The summed E-state index contributed by atoms with van der Waals surface area (Å²) in [5, 5.41) is 2.50. The zero-order valence-electron chi connectivity index (χ0n) is 33.2. The van der Waals surface area contributed by atoms with E-state index in [0.29, 0.717) is 0 Å². The molecule has 0 saturated heterocycles. The van der Waals surface area contributed by atoms with E-state index in [1.807, 2.05) is 18.3 Å². The van der Waals surface area contributed by atoms with E-state index < -0.39 is 5.41 Å². The third kappa shape index (κ3) is 5.44. The molecule has 0 radical (unpaired) electrons. The Balaban J connectivity index is 1.02. The summed E-state index contributed by atoms with van der Waals surface area (Å²) < 4.78 is 2.39. The maximum atomic E-state index is 4.56. The van der Waals surface area contributed by atoms with Crippen molar-refractivity contribution in [3.63, 3.8) is 0 Å². The number of pyridine rings is 1. The lowest BCUT2D eigenvalue weighted by molar-refractivity contribution is 0.655. The Kier molecular flexibility index (Phi) is 8.10. The monoisotopic (exact) mass is 754 g/mol. The molecule has 10 aromatic rings. The number of aromatic nitrogens is 2. The Morgan fingerprint density at radius 3 is 1.58 bits per heavy atom. The Hall–Kier alpha value is -7.29. The predicted octanol–water partition coefficient (Wildman–Crippen LogP) is 14.2. The first-order valence-electron chi connectivity index (χ1n) is 20.5. The molecule has 0 N–H and O–H groups in total. The first-order valence-corrected chi connectivity index (χ1v) is 20.5. The average Bonchev–Trinajstić information content (AvgIpc) is 3.75. The van der Waals surface area contributed by atoms with Crippen molar-refractivity contribution in [2.75, 3.05) is 0 Å². The lowest BCUT2D eigenvalue weighted by Gasteiger charge is -2.37. The van der Waals surface area contributed by atoms with E-state index in [2.05, 4.69) is 224 Å². The fraction of sp³-hybridized carbons (Fsp3) is 0.0702. The molecule has 0 bridgehead atoms. The summed E-state index contributed by atoms with van der Waals surface area (Å²) in [4.78, 5) is 4.56. The van der Waals surface area contributed by atoms with Gasteiger partial charge in [0, 0.05) is 33.6 Å². The van der Waals surface area contributed by atoms with Gasteiger partial charge in [0.25, 0.3) is 0 Å². The van der Waals surface area contributed by atoms with Gasteiger partial charge in [0.2, 0.25) is 0 Å². The minimum atomic E-state index is -0.495. The minimum absolute atomic E-state index is 0.214. The van der Waals surface area contributed by atoms with E-state index in [1.54, 1.807) is 0 Å². The van der Waals surface area contributed by atoms with Crippen molar-refractivity contribution < 1.29 is 0 Å². The summed E-state index contributed by atoms with van der Waals surface area (Å²) in [6, 6.07) is 78.0. The van der Waals surface area contributed by atoms with Gasteiger partial charge in [-0.25, -0.2) is 0 Å². The van der Waals surface area contributed by atoms with Gasteiger partial charge in [-0.3, -0.25) is 4.98 Å². The highest BCUT2D eigenvalue weighted by molar-refractivity contribution is 6.10. The summed E-state index contributed by atoms with van der Waals surface area (Å²) in [6.45, 7) is 4.80. The highest BCUT2D eigenvalue weighted by Gasteiger charge is 2.42. The van der Waals surface area contributed by atoms with Crippen molar-refractivity contribution in [1.29, 1.82) is 0 Å². The van der Waals surface area contributed by atoms with Crippen LogP contribution in [0.5, 0.6) is 0 Å². The normalized spacial score (nSPS) is 13.1. The number of rotatable bonds is 7. The number of fused-ring (bicyclic) bond motifs is 6. The van der Waals surface area contributed by atoms with Crippen LogP contribution < -0.4 is 0 Å². The van der Waals surface area contributed by atoms with Crippen LogP contribution in [-0.2, 0) is 10.8 Å². The van der Waals surface area contributed by atoms with Gasteiger partial charge in [0.1, 0.15) is 0 Å². The van der Waals surface area contributed by atoms with Crippen LogP contribution in [0.1, 0.15) is 47.2 Å². The summed E-state index contributed by atoms with van der Waals surface area (Å²) in [7, 11) is 0. The zero-order valence-corrected chi connectivity index (χ0v) is 33.2. The van der Waals surface area contributed by atoms with Gasteiger partial charge in [-0.1, -0.05) is 178 Å². The second-order valence-corrected chi connectivity index (χ2v) is 16.3. The maximum Gasteiger partial charge on any atom is 0.0701 e. The van der Waals surface area contributed by atoms with Crippen LogP contribution in [0.3, 0.4) is 0 Å². The lowest BCUT2D eigenvalue weighted by atomic mass is 9.64. The third-order valence-electron chi connectivity index (χ3n) is 12.8. The number of benzene rings is 8. The standard InChI is InChI=1S/C57H42N2/c1-56(2)51-37-41(40-28-34-55-50(36-40)49-22-12-13-24-54(49)59(55)46-30-25-39(26-31-46)53-23-14-15-35-58-53)27-32-47(51)48-33-29-45(38-52(48)56)57(42-16-6-3-7-17-42,43-18-8-4-9-19-43)44-20-10-5-11-21-44/h3-38H,1-2H3. The van der Waals surface area contributed by atoms with Crippen LogP contribution in [-0.4, -0.2) is 9.55 Å². The number of nitrogens with zero attached hydrogens (tertiary/aromatic N) is 2. The molecule has 0 amide bonds. The molecule has 2 nitrogen and oxygen atoms in total. The van der Waals surface area contributed by atoms with E-state index in [-0.39, 0.29) is 5.41 Å². The van der Waals surface area contributed by atoms with Gasteiger partial charge in [-0.15, -0.1) is 0 Å². The Bertz CT molecular complexity index is 3050. The molecule has 1 aliphatic carbocycles. The lowest BCUT2D eigenvalue weighted by Crippen LogP contribution is -2.31. The first kappa shape index (κ1) is 34.9. The first-order chi connectivity index (χ1) is 29.0. The summed E-state index contributed by atoms with van der Waals surface area (Å²) >= 11 is 0. The molecular formula is C57H42N2. The fourth-order valence-corrected chi connectivity index (χ4v) is 9.96. The molecule has 2 heteroatoms. The summed E-state index contributed by atoms with van der Waals surface area (Å²) in [5.41, 5.74) is 17.8. The van der Waals surface area contributed by atoms with Gasteiger partial charge < -0.3 is 4.57 Å². The second-order valence-electron chi connectivity index (χ2n) is 16.3. The van der Waals surface area contributed by atoms with Crippen molar-refractivity contribution in [1.82, 2.24) is 9.55 Å². The largest absolute Gasteiger partial charge is 0.309 e. The molecule has 0 atom stereocenters. The molecule has 0 spiro atoms. The van der Waals surface area contributed by atoms with Crippen molar-refractivity contribution >= 4 is 21.8 Å². The van der Waals surface area contributed by atoms with E-state index in [4.69, 9.17) is 0 Å². The van der Waals surface area contributed by atoms with Crippen LogP contribution >= 0.6 is 0 Å². The molecule has 2 aromatic heterocycles. The van der Waals surface area contributed by atoms with Gasteiger partial charge >= 0.3 is 0 Å². The number of hydrogen-bond donors (Lipinski definition) is 0. The Labute approximate surface area is 345 Å².